The van der Waals surface area contributed by atoms with Crippen molar-refractivity contribution in [2.45, 2.75) is 13.5 Å². The molecule has 0 N–H and O–H groups in total. The molecule has 3 aromatic rings. The molecule has 0 spiro atoms. The Balaban J connectivity index is 1.85. The summed E-state index contributed by atoms with van der Waals surface area (Å²) in [6, 6.07) is 3.85. The van der Waals surface area contributed by atoms with Gasteiger partial charge in [0.1, 0.15) is 5.76 Å². The summed E-state index contributed by atoms with van der Waals surface area (Å²) in [5.41, 5.74) is 0.990. The van der Waals surface area contributed by atoms with E-state index >= 15 is 0 Å². The Hall–Kier alpha value is -1.82. The number of aryl methyl sites for hydroxylation is 1. The first kappa shape index (κ1) is 10.3. The summed E-state index contributed by atoms with van der Waals surface area (Å²) in [4.78, 5) is 7.35. The molecule has 0 unspecified atom stereocenters. The number of rotatable bonds is 3. The quantitative estimate of drug-likeness (QED) is 0.713. The lowest BCUT2D eigenvalue weighted by molar-refractivity contribution is 0.507. The van der Waals surface area contributed by atoms with Crippen LogP contribution >= 0.6 is 11.3 Å². The SMILES string of the molecule is Cc1cn2nc(N(C)Cc3ccco3)sc2n1. The molecule has 3 rings (SSSR count). The predicted octanol–water partition coefficient (Wildman–Crippen LogP) is 2.33. The zero-order valence-electron chi connectivity index (χ0n) is 9.62. The molecular formula is C11H12N4OS. The maximum atomic E-state index is 5.31. The van der Waals surface area contributed by atoms with Crippen molar-refractivity contribution in [1.82, 2.24) is 14.6 Å². The standard InChI is InChI=1S/C11H12N4OS/c1-8-6-15-10(12-8)17-11(13-15)14(2)7-9-4-3-5-16-9/h3-6H,7H2,1-2H3. The predicted molar refractivity (Wildman–Crippen MR) is 66.4 cm³/mol. The van der Waals surface area contributed by atoms with Gasteiger partial charge in [0.25, 0.3) is 0 Å². The van der Waals surface area contributed by atoms with Crippen molar-refractivity contribution in [2.24, 2.45) is 0 Å². The third-order valence-corrected chi connectivity index (χ3v) is 3.49. The number of hydrogen-bond donors (Lipinski definition) is 0. The molecule has 88 valence electrons. The first-order chi connectivity index (χ1) is 8.22. The summed E-state index contributed by atoms with van der Waals surface area (Å²) in [7, 11) is 1.99. The van der Waals surface area contributed by atoms with Gasteiger partial charge in [-0.1, -0.05) is 11.3 Å². The summed E-state index contributed by atoms with van der Waals surface area (Å²) in [5, 5.41) is 5.41. The topological polar surface area (TPSA) is 46.6 Å². The van der Waals surface area contributed by atoms with Gasteiger partial charge in [0.15, 0.2) is 0 Å². The minimum Gasteiger partial charge on any atom is -0.467 e. The van der Waals surface area contributed by atoms with Crippen LogP contribution in [0.3, 0.4) is 0 Å². The highest BCUT2D eigenvalue weighted by Gasteiger charge is 2.11. The second-order valence-electron chi connectivity index (χ2n) is 3.93. The van der Waals surface area contributed by atoms with Crippen LogP contribution in [0.25, 0.3) is 4.96 Å². The van der Waals surface area contributed by atoms with Gasteiger partial charge >= 0.3 is 0 Å². The van der Waals surface area contributed by atoms with E-state index < -0.39 is 0 Å². The molecule has 5 nitrogen and oxygen atoms in total. The molecule has 0 atom stereocenters. The van der Waals surface area contributed by atoms with Gasteiger partial charge in [-0.3, -0.25) is 0 Å². The lowest BCUT2D eigenvalue weighted by Crippen LogP contribution is -2.15. The van der Waals surface area contributed by atoms with E-state index in [2.05, 4.69) is 10.1 Å². The number of anilines is 1. The molecule has 6 heteroatoms. The van der Waals surface area contributed by atoms with E-state index in [1.165, 1.54) is 0 Å². The van der Waals surface area contributed by atoms with E-state index in [4.69, 9.17) is 4.42 Å². The van der Waals surface area contributed by atoms with Crippen molar-refractivity contribution >= 4 is 21.4 Å². The normalized spacial score (nSPS) is 11.2. The van der Waals surface area contributed by atoms with Gasteiger partial charge in [0.05, 0.1) is 24.7 Å². The highest BCUT2D eigenvalue weighted by Crippen LogP contribution is 2.23. The maximum absolute atomic E-state index is 5.31. The Morgan fingerprint density at radius 2 is 2.41 bits per heavy atom. The third kappa shape index (κ3) is 1.91. The number of hydrogen-bond acceptors (Lipinski definition) is 5. The minimum atomic E-state index is 0.711. The molecule has 0 fully saturated rings. The van der Waals surface area contributed by atoms with Crippen LogP contribution in [-0.2, 0) is 6.54 Å². The molecule has 0 radical (unpaired) electrons. The summed E-state index contributed by atoms with van der Waals surface area (Å²) >= 11 is 1.57. The monoisotopic (exact) mass is 248 g/mol. The lowest BCUT2D eigenvalue weighted by Gasteiger charge is -2.12. The van der Waals surface area contributed by atoms with Crippen molar-refractivity contribution in [3.63, 3.8) is 0 Å². The molecule has 3 aromatic heterocycles. The van der Waals surface area contributed by atoms with Crippen molar-refractivity contribution in [3.05, 3.63) is 36.0 Å². The zero-order valence-corrected chi connectivity index (χ0v) is 10.4. The summed E-state index contributed by atoms with van der Waals surface area (Å²) in [6.07, 6.45) is 3.61. The van der Waals surface area contributed by atoms with Crippen LogP contribution in [0.1, 0.15) is 11.5 Å². The molecule has 0 aliphatic carbocycles. The van der Waals surface area contributed by atoms with E-state index in [0.29, 0.717) is 6.54 Å². The van der Waals surface area contributed by atoms with Crippen molar-refractivity contribution in [3.8, 4) is 0 Å². The summed E-state index contributed by atoms with van der Waals surface area (Å²) in [6.45, 7) is 2.68. The van der Waals surface area contributed by atoms with Gasteiger partial charge < -0.3 is 9.32 Å². The van der Waals surface area contributed by atoms with Crippen LogP contribution in [0.15, 0.2) is 29.0 Å². The van der Waals surface area contributed by atoms with Crippen LogP contribution < -0.4 is 4.90 Å². The number of aromatic nitrogens is 3. The van der Waals surface area contributed by atoms with Crippen molar-refractivity contribution in [2.75, 3.05) is 11.9 Å². The fraction of sp³-hybridized carbons (Fsp3) is 0.273. The molecule has 0 saturated carbocycles. The van der Waals surface area contributed by atoms with Crippen LogP contribution in [0, 0.1) is 6.92 Å². The Morgan fingerprint density at radius 3 is 3.12 bits per heavy atom. The second kappa shape index (κ2) is 3.89. The third-order valence-electron chi connectivity index (χ3n) is 2.45. The maximum Gasteiger partial charge on any atom is 0.214 e. The first-order valence-electron chi connectivity index (χ1n) is 5.29. The Labute approximate surface area is 102 Å². The van der Waals surface area contributed by atoms with Crippen molar-refractivity contribution < 1.29 is 4.42 Å². The average Bonchev–Trinajstić information content (AvgIpc) is 2.92. The Kier molecular flexibility index (Phi) is 2.36. The summed E-state index contributed by atoms with van der Waals surface area (Å²) in [5.74, 6) is 0.927. The fourth-order valence-corrected chi connectivity index (χ4v) is 2.55. The first-order valence-corrected chi connectivity index (χ1v) is 6.10. The van der Waals surface area contributed by atoms with E-state index in [1.54, 1.807) is 17.6 Å². The van der Waals surface area contributed by atoms with Gasteiger partial charge in [-0.15, -0.1) is 5.10 Å². The number of furan rings is 1. The molecule has 0 aliphatic rings. The van der Waals surface area contributed by atoms with E-state index in [0.717, 1.165) is 21.5 Å². The number of fused-ring (bicyclic) bond motifs is 1. The molecule has 3 heterocycles. The average molecular weight is 248 g/mol. The van der Waals surface area contributed by atoms with Crippen LogP contribution in [0.2, 0.25) is 0 Å². The molecular weight excluding hydrogens is 236 g/mol. The Morgan fingerprint density at radius 1 is 1.53 bits per heavy atom. The largest absolute Gasteiger partial charge is 0.467 e. The molecule has 0 aliphatic heterocycles. The van der Waals surface area contributed by atoms with E-state index in [-0.39, 0.29) is 0 Å². The fourth-order valence-electron chi connectivity index (χ4n) is 1.66. The molecule has 0 bridgehead atoms. The minimum absolute atomic E-state index is 0.711. The van der Waals surface area contributed by atoms with Gasteiger partial charge in [-0.05, 0) is 19.1 Å². The molecule has 17 heavy (non-hydrogen) atoms. The lowest BCUT2D eigenvalue weighted by atomic mass is 10.4. The van der Waals surface area contributed by atoms with Gasteiger partial charge in [-0.2, -0.15) is 0 Å². The van der Waals surface area contributed by atoms with Gasteiger partial charge in [0.2, 0.25) is 10.1 Å². The zero-order chi connectivity index (χ0) is 11.8. The Bertz CT molecular complexity index is 594. The molecule has 0 aromatic carbocycles. The van der Waals surface area contributed by atoms with Crippen LogP contribution in [0.4, 0.5) is 5.13 Å². The number of nitrogens with zero attached hydrogens (tertiary/aromatic N) is 4. The summed E-state index contributed by atoms with van der Waals surface area (Å²) < 4.78 is 7.13. The van der Waals surface area contributed by atoms with E-state index in [9.17, 15) is 0 Å². The van der Waals surface area contributed by atoms with E-state index in [1.807, 2.05) is 41.7 Å². The van der Waals surface area contributed by atoms with Crippen molar-refractivity contribution in [1.29, 1.82) is 0 Å². The highest BCUT2D eigenvalue weighted by atomic mass is 32.1. The van der Waals surface area contributed by atoms with Crippen LogP contribution in [-0.4, -0.2) is 21.6 Å². The number of imidazole rings is 1. The van der Waals surface area contributed by atoms with Crippen LogP contribution in [0.5, 0.6) is 0 Å². The highest BCUT2D eigenvalue weighted by molar-refractivity contribution is 7.20. The smallest absolute Gasteiger partial charge is 0.214 e. The van der Waals surface area contributed by atoms with Gasteiger partial charge in [-0.25, -0.2) is 9.50 Å². The van der Waals surface area contributed by atoms with Gasteiger partial charge in [0, 0.05) is 7.05 Å². The second-order valence-corrected chi connectivity index (χ2v) is 4.86. The molecule has 0 saturated heterocycles. The molecule has 0 amide bonds.